The fourth-order valence-corrected chi connectivity index (χ4v) is 1.55. The molecule has 0 bridgehead atoms. The zero-order chi connectivity index (χ0) is 15.7. The zero-order valence-electron chi connectivity index (χ0n) is 12.3. The van der Waals surface area contributed by atoms with Crippen LogP contribution in [0.1, 0.15) is 19.4 Å². The van der Waals surface area contributed by atoms with Gasteiger partial charge >= 0.3 is 6.18 Å². The van der Waals surface area contributed by atoms with Crippen molar-refractivity contribution >= 4 is 0 Å². The van der Waals surface area contributed by atoms with Crippen molar-refractivity contribution in [2.75, 3.05) is 13.2 Å². The van der Waals surface area contributed by atoms with Crippen molar-refractivity contribution in [1.82, 2.24) is 0 Å². The molecule has 0 aliphatic heterocycles. The molecular formula is C16H21F3O2. The van der Waals surface area contributed by atoms with E-state index in [4.69, 9.17) is 9.47 Å². The van der Waals surface area contributed by atoms with E-state index in [0.29, 0.717) is 6.61 Å². The van der Waals surface area contributed by atoms with E-state index in [0.717, 1.165) is 11.6 Å². The van der Waals surface area contributed by atoms with Crippen LogP contribution in [0.4, 0.5) is 13.2 Å². The van der Waals surface area contributed by atoms with Gasteiger partial charge in [-0.3, -0.25) is 0 Å². The summed E-state index contributed by atoms with van der Waals surface area (Å²) in [6.07, 6.45) is -3.92. The highest BCUT2D eigenvalue weighted by atomic mass is 19.4. The number of alkyl halides is 3. The van der Waals surface area contributed by atoms with E-state index in [-0.39, 0.29) is 19.1 Å². The van der Waals surface area contributed by atoms with E-state index in [9.17, 15) is 13.2 Å². The van der Waals surface area contributed by atoms with Crippen LogP contribution in [0.5, 0.6) is 0 Å². The Bertz CT molecular complexity index is 413. The van der Waals surface area contributed by atoms with Gasteiger partial charge in [0.1, 0.15) is 0 Å². The molecule has 1 aromatic carbocycles. The largest absolute Gasteiger partial charge is 0.418 e. The molecule has 2 nitrogen and oxygen atoms in total. The lowest BCUT2D eigenvalue weighted by atomic mass is 10.2. The van der Waals surface area contributed by atoms with Crippen molar-refractivity contribution in [1.29, 1.82) is 0 Å². The predicted molar refractivity (Wildman–Crippen MR) is 75.9 cm³/mol. The van der Waals surface area contributed by atoms with E-state index in [1.165, 1.54) is 6.08 Å². The van der Waals surface area contributed by atoms with E-state index in [1.807, 2.05) is 30.3 Å². The Balaban J connectivity index is 2.36. The van der Waals surface area contributed by atoms with Gasteiger partial charge < -0.3 is 9.47 Å². The van der Waals surface area contributed by atoms with Crippen LogP contribution < -0.4 is 0 Å². The summed E-state index contributed by atoms with van der Waals surface area (Å²) in [6.45, 7) is 4.17. The molecule has 1 aromatic rings. The van der Waals surface area contributed by atoms with E-state index >= 15 is 0 Å². The van der Waals surface area contributed by atoms with Crippen LogP contribution in [0, 0.1) is 5.92 Å². The molecule has 21 heavy (non-hydrogen) atoms. The van der Waals surface area contributed by atoms with Gasteiger partial charge in [-0.15, -0.1) is 0 Å². The lowest BCUT2D eigenvalue weighted by molar-refractivity contribution is -0.206. The Kier molecular flexibility index (Phi) is 7.47. The summed E-state index contributed by atoms with van der Waals surface area (Å²) in [7, 11) is 0. The molecule has 0 saturated heterocycles. The van der Waals surface area contributed by atoms with Crippen molar-refractivity contribution in [3.8, 4) is 0 Å². The molecule has 0 aliphatic carbocycles. The third kappa shape index (κ3) is 7.87. The lowest BCUT2D eigenvalue weighted by Gasteiger charge is -2.18. The second kappa shape index (κ2) is 8.85. The van der Waals surface area contributed by atoms with E-state index in [1.54, 1.807) is 13.8 Å². The first kappa shape index (κ1) is 17.7. The smallest absolute Gasteiger partial charge is 0.373 e. The first-order valence-corrected chi connectivity index (χ1v) is 6.86. The quantitative estimate of drug-likeness (QED) is 0.524. The fraction of sp³-hybridized carbons (Fsp3) is 0.500. The summed E-state index contributed by atoms with van der Waals surface area (Å²) in [5.74, 6) is 0.0533. The molecule has 1 atom stereocenters. The first-order chi connectivity index (χ1) is 9.89. The summed E-state index contributed by atoms with van der Waals surface area (Å²) in [5.41, 5.74) is 0.981. The monoisotopic (exact) mass is 302 g/mol. The fourth-order valence-electron chi connectivity index (χ4n) is 1.55. The topological polar surface area (TPSA) is 18.5 Å². The average Bonchev–Trinajstić information content (AvgIpc) is 2.41. The molecule has 0 N–H and O–H groups in total. The normalized spacial score (nSPS) is 14.0. The number of ether oxygens (including phenoxy) is 2. The Labute approximate surface area is 123 Å². The lowest BCUT2D eigenvalue weighted by Crippen LogP contribution is -2.31. The number of hydrogen-bond acceptors (Lipinski definition) is 2. The Morgan fingerprint density at radius 2 is 1.81 bits per heavy atom. The number of benzene rings is 1. The van der Waals surface area contributed by atoms with Crippen LogP contribution in [0.3, 0.4) is 0 Å². The van der Waals surface area contributed by atoms with Gasteiger partial charge in [0.25, 0.3) is 0 Å². The molecule has 0 aromatic heterocycles. The van der Waals surface area contributed by atoms with E-state index in [2.05, 4.69) is 0 Å². The molecule has 0 heterocycles. The molecule has 0 spiro atoms. The maximum atomic E-state index is 12.7. The SMILES string of the molecule is CC(C)COC(/C=C/COCc1ccccc1)C(F)(F)F. The highest BCUT2D eigenvalue weighted by molar-refractivity contribution is 5.13. The summed E-state index contributed by atoms with van der Waals surface area (Å²) in [4.78, 5) is 0. The minimum absolute atomic E-state index is 0.0533. The van der Waals surface area contributed by atoms with Gasteiger partial charge in [0.05, 0.1) is 19.8 Å². The van der Waals surface area contributed by atoms with Crippen molar-refractivity contribution in [3.05, 3.63) is 48.0 Å². The highest BCUT2D eigenvalue weighted by Gasteiger charge is 2.38. The molecular weight excluding hydrogens is 281 g/mol. The molecule has 0 amide bonds. The second-order valence-electron chi connectivity index (χ2n) is 5.12. The van der Waals surface area contributed by atoms with Gasteiger partial charge in [-0.05, 0) is 17.6 Å². The highest BCUT2D eigenvalue weighted by Crippen LogP contribution is 2.24. The van der Waals surface area contributed by atoms with Crippen LogP contribution >= 0.6 is 0 Å². The first-order valence-electron chi connectivity index (χ1n) is 6.86. The molecule has 0 aliphatic rings. The Hall–Kier alpha value is -1.33. The Morgan fingerprint density at radius 3 is 2.38 bits per heavy atom. The molecule has 5 heteroatoms. The van der Waals surface area contributed by atoms with Crippen LogP contribution in [0.2, 0.25) is 0 Å². The van der Waals surface area contributed by atoms with E-state index < -0.39 is 12.3 Å². The van der Waals surface area contributed by atoms with Gasteiger partial charge in [-0.1, -0.05) is 50.3 Å². The number of hydrogen-bond donors (Lipinski definition) is 0. The number of halogens is 3. The van der Waals surface area contributed by atoms with Crippen LogP contribution in [0.15, 0.2) is 42.5 Å². The third-order valence-corrected chi connectivity index (χ3v) is 2.57. The van der Waals surface area contributed by atoms with Crippen molar-refractivity contribution in [2.24, 2.45) is 5.92 Å². The van der Waals surface area contributed by atoms with Crippen LogP contribution in [-0.4, -0.2) is 25.5 Å². The van der Waals surface area contributed by atoms with Crippen LogP contribution in [0.25, 0.3) is 0 Å². The molecule has 1 unspecified atom stereocenters. The number of rotatable bonds is 8. The molecule has 0 radical (unpaired) electrons. The van der Waals surface area contributed by atoms with Gasteiger partial charge in [0.2, 0.25) is 0 Å². The van der Waals surface area contributed by atoms with Gasteiger partial charge in [-0.2, -0.15) is 13.2 Å². The third-order valence-electron chi connectivity index (χ3n) is 2.57. The van der Waals surface area contributed by atoms with Gasteiger partial charge in [-0.25, -0.2) is 0 Å². The minimum Gasteiger partial charge on any atom is -0.373 e. The average molecular weight is 302 g/mol. The van der Waals surface area contributed by atoms with Crippen molar-refractivity contribution in [3.63, 3.8) is 0 Å². The molecule has 0 saturated carbocycles. The summed E-state index contributed by atoms with van der Waals surface area (Å²) < 4.78 is 48.3. The maximum Gasteiger partial charge on any atom is 0.418 e. The van der Waals surface area contributed by atoms with Crippen LogP contribution in [-0.2, 0) is 16.1 Å². The molecule has 0 fully saturated rings. The second-order valence-corrected chi connectivity index (χ2v) is 5.12. The summed E-state index contributed by atoms with van der Waals surface area (Å²) >= 11 is 0. The minimum atomic E-state index is -4.40. The standard InChI is InChI=1S/C16H21F3O2/c1-13(2)11-21-15(16(17,18)19)9-6-10-20-12-14-7-4-3-5-8-14/h3-9,13,15H,10-12H2,1-2H3/b9-6+. The summed E-state index contributed by atoms with van der Waals surface area (Å²) in [6, 6.07) is 9.45. The van der Waals surface area contributed by atoms with Crippen molar-refractivity contribution < 1.29 is 22.6 Å². The predicted octanol–water partition coefficient (Wildman–Crippen LogP) is 4.36. The Morgan fingerprint density at radius 1 is 1.14 bits per heavy atom. The molecule has 1 rings (SSSR count). The zero-order valence-corrected chi connectivity index (χ0v) is 12.3. The maximum absolute atomic E-state index is 12.7. The van der Waals surface area contributed by atoms with Crippen molar-refractivity contribution in [2.45, 2.75) is 32.7 Å². The molecule has 118 valence electrons. The van der Waals surface area contributed by atoms with Gasteiger partial charge in [0.15, 0.2) is 6.10 Å². The summed E-state index contributed by atoms with van der Waals surface area (Å²) in [5, 5.41) is 0. The van der Waals surface area contributed by atoms with Gasteiger partial charge in [0, 0.05) is 0 Å².